The predicted molar refractivity (Wildman–Crippen MR) is 70.8 cm³/mol. The summed E-state index contributed by atoms with van der Waals surface area (Å²) in [5.74, 6) is 0.751. The van der Waals surface area contributed by atoms with Crippen molar-refractivity contribution in [1.82, 2.24) is 15.3 Å². The van der Waals surface area contributed by atoms with E-state index in [-0.39, 0.29) is 0 Å². The van der Waals surface area contributed by atoms with Crippen LogP contribution in [0.5, 0.6) is 11.8 Å². The van der Waals surface area contributed by atoms with Gasteiger partial charge in [0, 0.05) is 24.0 Å². The Morgan fingerprint density at radius 3 is 2.50 bits per heavy atom. The fraction of sp³-hybridized carbons (Fsp3) is 0.286. The fourth-order valence-electron chi connectivity index (χ4n) is 1.60. The lowest BCUT2D eigenvalue weighted by atomic mass is 10.2. The molecule has 4 heteroatoms. The number of rotatable bonds is 4. The molecule has 1 aromatic carbocycles. The van der Waals surface area contributed by atoms with E-state index in [1.807, 2.05) is 45.2 Å². The minimum atomic E-state index is 0.385. The van der Waals surface area contributed by atoms with Crippen LogP contribution in [0.15, 0.2) is 30.5 Å². The number of hydrogen-bond acceptors (Lipinski definition) is 4. The quantitative estimate of drug-likeness (QED) is 0.896. The van der Waals surface area contributed by atoms with Crippen LogP contribution in [-0.4, -0.2) is 17.0 Å². The number of ether oxygens (including phenoxy) is 1. The Bertz CT molecular complexity index is 523. The topological polar surface area (TPSA) is 47.0 Å². The summed E-state index contributed by atoms with van der Waals surface area (Å²) < 4.78 is 5.60. The molecule has 0 amide bonds. The molecule has 0 aliphatic heterocycles. The molecular formula is C14H17N3O. The normalized spacial score (nSPS) is 10.4. The average Bonchev–Trinajstić information content (AvgIpc) is 2.36. The van der Waals surface area contributed by atoms with Crippen LogP contribution in [0.4, 0.5) is 0 Å². The number of nitrogens with zero attached hydrogens (tertiary/aromatic N) is 2. The lowest BCUT2D eigenvalue weighted by molar-refractivity contribution is 0.439. The van der Waals surface area contributed by atoms with Gasteiger partial charge in [-0.15, -0.1) is 0 Å². The first kappa shape index (κ1) is 12.5. The van der Waals surface area contributed by atoms with E-state index in [0.717, 1.165) is 23.6 Å². The summed E-state index contributed by atoms with van der Waals surface area (Å²) in [6, 6.07) is 8.21. The molecule has 0 spiro atoms. The molecule has 94 valence electrons. The van der Waals surface area contributed by atoms with Gasteiger partial charge in [0.15, 0.2) is 0 Å². The van der Waals surface area contributed by atoms with Crippen molar-refractivity contribution >= 4 is 0 Å². The Hall–Kier alpha value is -1.94. The lowest BCUT2D eigenvalue weighted by Crippen LogP contribution is -2.08. The van der Waals surface area contributed by atoms with Crippen LogP contribution in [0.2, 0.25) is 0 Å². The van der Waals surface area contributed by atoms with E-state index in [4.69, 9.17) is 4.74 Å². The minimum Gasteiger partial charge on any atom is -0.424 e. The Kier molecular flexibility index (Phi) is 3.89. The molecule has 4 nitrogen and oxygen atoms in total. The first-order valence-electron chi connectivity index (χ1n) is 5.90. The van der Waals surface area contributed by atoms with Crippen LogP contribution >= 0.6 is 0 Å². The van der Waals surface area contributed by atoms with Crippen LogP contribution in [0, 0.1) is 13.8 Å². The second-order valence-corrected chi connectivity index (χ2v) is 4.21. The Labute approximate surface area is 107 Å². The van der Waals surface area contributed by atoms with E-state index >= 15 is 0 Å². The summed E-state index contributed by atoms with van der Waals surface area (Å²) in [6.45, 7) is 4.75. The summed E-state index contributed by atoms with van der Waals surface area (Å²) in [4.78, 5) is 8.54. The van der Waals surface area contributed by atoms with E-state index in [1.165, 1.54) is 5.56 Å². The fourth-order valence-corrected chi connectivity index (χ4v) is 1.60. The summed E-state index contributed by atoms with van der Waals surface area (Å²) in [5, 5.41) is 3.08. The second kappa shape index (κ2) is 5.60. The van der Waals surface area contributed by atoms with Gasteiger partial charge < -0.3 is 10.1 Å². The zero-order chi connectivity index (χ0) is 13.0. The molecule has 0 fully saturated rings. The molecule has 18 heavy (non-hydrogen) atoms. The molecule has 1 aromatic heterocycles. The Morgan fingerprint density at radius 1 is 1.17 bits per heavy atom. The molecule has 0 radical (unpaired) electrons. The number of aromatic nitrogens is 2. The van der Waals surface area contributed by atoms with Gasteiger partial charge in [0.25, 0.3) is 0 Å². The molecular weight excluding hydrogens is 226 g/mol. The molecule has 1 N–H and O–H groups in total. The molecule has 0 atom stereocenters. The van der Waals surface area contributed by atoms with E-state index in [9.17, 15) is 0 Å². The number of hydrogen-bond donors (Lipinski definition) is 1. The van der Waals surface area contributed by atoms with Crippen molar-refractivity contribution < 1.29 is 4.74 Å². The lowest BCUT2D eigenvalue weighted by Gasteiger charge is -2.07. The van der Waals surface area contributed by atoms with Crippen molar-refractivity contribution in [2.75, 3.05) is 7.05 Å². The van der Waals surface area contributed by atoms with Crippen molar-refractivity contribution in [3.05, 3.63) is 47.3 Å². The molecule has 2 rings (SSSR count). The standard InChI is InChI=1S/C14H17N3O/c1-10-4-6-13(7-5-10)18-14-16-9-12(8-15-3)11(2)17-14/h4-7,9,15H,8H2,1-3H3. The maximum absolute atomic E-state index is 5.60. The van der Waals surface area contributed by atoms with Crippen molar-refractivity contribution in [3.8, 4) is 11.8 Å². The average molecular weight is 243 g/mol. The highest BCUT2D eigenvalue weighted by molar-refractivity contribution is 5.29. The number of benzene rings is 1. The third-order valence-corrected chi connectivity index (χ3v) is 2.66. The number of aryl methyl sites for hydroxylation is 2. The first-order chi connectivity index (χ1) is 8.69. The van der Waals surface area contributed by atoms with Gasteiger partial charge in [-0.3, -0.25) is 0 Å². The van der Waals surface area contributed by atoms with Crippen LogP contribution < -0.4 is 10.1 Å². The van der Waals surface area contributed by atoms with E-state index in [2.05, 4.69) is 15.3 Å². The smallest absolute Gasteiger partial charge is 0.322 e. The maximum atomic E-state index is 5.60. The van der Waals surface area contributed by atoms with Gasteiger partial charge >= 0.3 is 6.01 Å². The zero-order valence-corrected chi connectivity index (χ0v) is 10.9. The molecule has 0 aliphatic rings. The number of nitrogens with one attached hydrogen (secondary N) is 1. The van der Waals surface area contributed by atoms with Gasteiger partial charge in [-0.25, -0.2) is 4.98 Å². The van der Waals surface area contributed by atoms with Crippen molar-refractivity contribution in [3.63, 3.8) is 0 Å². The van der Waals surface area contributed by atoms with E-state index in [0.29, 0.717) is 6.01 Å². The molecule has 0 saturated carbocycles. The third-order valence-electron chi connectivity index (χ3n) is 2.66. The Morgan fingerprint density at radius 2 is 1.89 bits per heavy atom. The summed E-state index contributed by atoms with van der Waals surface area (Å²) in [5.41, 5.74) is 3.21. The van der Waals surface area contributed by atoms with Crippen LogP contribution in [-0.2, 0) is 6.54 Å². The Balaban J connectivity index is 2.14. The highest BCUT2D eigenvalue weighted by atomic mass is 16.5. The van der Waals surface area contributed by atoms with Gasteiger partial charge in [-0.1, -0.05) is 17.7 Å². The van der Waals surface area contributed by atoms with Crippen molar-refractivity contribution in [2.45, 2.75) is 20.4 Å². The molecule has 1 heterocycles. The minimum absolute atomic E-state index is 0.385. The zero-order valence-electron chi connectivity index (χ0n) is 10.9. The van der Waals surface area contributed by atoms with Gasteiger partial charge in [0.05, 0.1) is 0 Å². The molecule has 0 saturated heterocycles. The van der Waals surface area contributed by atoms with Gasteiger partial charge in [-0.2, -0.15) is 4.98 Å². The van der Waals surface area contributed by atoms with Crippen molar-refractivity contribution in [1.29, 1.82) is 0 Å². The molecule has 0 aliphatic carbocycles. The highest BCUT2D eigenvalue weighted by Gasteiger charge is 2.04. The molecule has 0 bridgehead atoms. The van der Waals surface area contributed by atoms with Crippen LogP contribution in [0.1, 0.15) is 16.8 Å². The summed E-state index contributed by atoms with van der Waals surface area (Å²) in [7, 11) is 1.90. The van der Waals surface area contributed by atoms with Gasteiger partial charge in [-0.05, 0) is 33.0 Å². The maximum Gasteiger partial charge on any atom is 0.322 e. The van der Waals surface area contributed by atoms with E-state index < -0.39 is 0 Å². The van der Waals surface area contributed by atoms with E-state index in [1.54, 1.807) is 6.20 Å². The summed E-state index contributed by atoms with van der Waals surface area (Å²) >= 11 is 0. The van der Waals surface area contributed by atoms with Crippen LogP contribution in [0.3, 0.4) is 0 Å². The SMILES string of the molecule is CNCc1cnc(Oc2ccc(C)cc2)nc1C. The predicted octanol–water partition coefficient (Wildman–Crippen LogP) is 2.61. The largest absolute Gasteiger partial charge is 0.424 e. The van der Waals surface area contributed by atoms with Gasteiger partial charge in [0.1, 0.15) is 5.75 Å². The van der Waals surface area contributed by atoms with Gasteiger partial charge in [0.2, 0.25) is 0 Å². The third kappa shape index (κ3) is 3.05. The van der Waals surface area contributed by atoms with Crippen LogP contribution in [0.25, 0.3) is 0 Å². The second-order valence-electron chi connectivity index (χ2n) is 4.21. The monoisotopic (exact) mass is 243 g/mol. The molecule has 0 unspecified atom stereocenters. The molecule has 2 aromatic rings. The van der Waals surface area contributed by atoms with Crippen molar-refractivity contribution in [2.24, 2.45) is 0 Å². The first-order valence-corrected chi connectivity index (χ1v) is 5.90. The highest BCUT2D eigenvalue weighted by Crippen LogP contribution is 2.18. The summed E-state index contributed by atoms with van der Waals surface area (Å²) in [6.07, 6.45) is 1.79.